The molecule has 0 aliphatic heterocycles. The summed E-state index contributed by atoms with van der Waals surface area (Å²) in [5, 5.41) is 3.05. The summed E-state index contributed by atoms with van der Waals surface area (Å²) in [5.74, 6) is 0.704. The van der Waals surface area contributed by atoms with Crippen molar-refractivity contribution in [2.75, 3.05) is 24.3 Å². The quantitative estimate of drug-likeness (QED) is 0.679. The van der Waals surface area contributed by atoms with Crippen LogP contribution < -0.4 is 10.2 Å². The highest BCUT2D eigenvalue weighted by molar-refractivity contribution is 5.94. The number of nitrogens with one attached hydrogen (secondary N) is 1. The van der Waals surface area contributed by atoms with Gasteiger partial charge in [-0.1, -0.05) is 20.3 Å². The number of carbonyl (C=O) groups excluding carboxylic acids is 2. The van der Waals surface area contributed by atoms with Gasteiger partial charge in [0.1, 0.15) is 0 Å². The van der Waals surface area contributed by atoms with Crippen molar-refractivity contribution in [2.24, 2.45) is 11.8 Å². The van der Waals surface area contributed by atoms with Gasteiger partial charge in [-0.2, -0.15) is 0 Å². The van der Waals surface area contributed by atoms with Crippen LogP contribution in [0, 0.1) is 11.8 Å². The first-order chi connectivity index (χ1) is 14.3. The number of nitrogens with zero attached hydrogens (tertiary/aromatic N) is 2. The van der Waals surface area contributed by atoms with E-state index in [2.05, 4.69) is 26.1 Å². The predicted octanol–water partition coefficient (Wildman–Crippen LogP) is 4.77. The van der Waals surface area contributed by atoms with Crippen LogP contribution in [0.5, 0.6) is 0 Å². The van der Waals surface area contributed by atoms with E-state index in [-0.39, 0.29) is 29.7 Å². The van der Waals surface area contributed by atoms with Gasteiger partial charge >= 0.3 is 0 Å². The molecule has 2 amide bonds. The van der Waals surface area contributed by atoms with Gasteiger partial charge in [0.2, 0.25) is 5.91 Å². The summed E-state index contributed by atoms with van der Waals surface area (Å²) in [6.45, 7) is 6.70. The monoisotopic (exact) mass is 411 g/mol. The third kappa shape index (κ3) is 4.86. The van der Waals surface area contributed by atoms with Gasteiger partial charge in [0.15, 0.2) is 5.76 Å². The van der Waals surface area contributed by atoms with Crippen LogP contribution in [-0.2, 0) is 11.3 Å². The second kappa shape index (κ2) is 9.37. The Kier molecular flexibility index (Phi) is 6.85. The van der Waals surface area contributed by atoms with Crippen LogP contribution in [0.4, 0.5) is 11.4 Å². The van der Waals surface area contributed by atoms with E-state index in [1.165, 1.54) is 6.26 Å². The number of rotatable bonds is 8. The number of benzene rings is 1. The zero-order valence-corrected chi connectivity index (χ0v) is 18.6. The summed E-state index contributed by atoms with van der Waals surface area (Å²) in [5.41, 5.74) is 2.78. The fourth-order valence-electron chi connectivity index (χ4n) is 3.63. The summed E-state index contributed by atoms with van der Waals surface area (Å²) in [4.78, 5) is 29.5. The standard InChI is InChI=1S/C24H33N3O3/c1-16(2)17(3)27(24(29)22-10-7-13-30-22)15-19-14-20(11-12-21(19)26(4)5)25-23(28)18-8-6-9-18/h7,10-14,16-18H,6,8-9,15H2,1-5H3,(H,25,28)/t17-/m1/s1. The van der Waals surface area contributed by atoms with Crippen LogP contribution in [0.15, 0.2) is 41.0 Å². The molecule has 1 aromatic heterocycles. The molecule has 1 heterocycles. The summed E-state index contributed by atoms with van der Waals surface area (Å²) in [6, 6.07) is 9.37. The molecule has 1 aliphatic rings. The second-order valence-electron chi connectivity index (χ2n) is 8.75. The zero-order chi connectivity index (χ0) is 21.8. The van der Waals surface area contributed by atoms with Gasteiger partial charge < -0.3 is 19.5 Å². The van der Waals surface area contributed by atoms with Crippen molar-refractivity contribution < 1.29 is 14.0 Å². The molecule has 0 bridgehead atoms. The summed E-state index contributed by atoms with van der Waals surface area (Å²) in [6.07, 6.45) is 4.57. The Morgan fingerprint density at radius 1 is 1.17 bits per heavy atom. The first-order valence-electron chi connectivity index (χ1n) is 10.7. The van der Waals surface area contributed by atoms with Gasteiger partial charge in [0, 0.05) is 44.0 Å². The molecule has 1 saturated carbocycles. The summed E-state index contributed by atoms with van der Waals surface area (Å²) in [7, 11) is 3.96. The lowest BCUT2D eigenvalue weighted by Gasteiger charge is -2.33. The fourth-order valence-corrected chi connectivity index (χ4v) is 3.63. The van der Waals surface area contributed by atoms with E-state index in [4.69, 9.17) is 4.42 Å². The molecule has 2 aromatic rings. The van der Waals surface area contributed by atoms with E-state index in [1.54, 1.807) is 12.1 Å². The number of hydrogen-bond acceptors (Lipinski definition) is 4. The third-order valence-corrected chi connectivity index (χ3v) is 6.09. The van der Waals surface area contributed by atoms with Crippen molar-refractivity contribution >= 4 is 23.2 Å². The van der Waals surface area contributed by atoms with Crippen molar-refractivity contribution in [3.63, 3.8) is 0 Å². The van der Waals surface area contributed by atoms with Gasteiger partial charge in [0.05, 0.1) is 6.26 Å². The number of hydrogen-bond donors (Lipinski definition) is 1. The normalized spacial score (nSPS) is 14.9. The van der Waals surface area contributed by atoms with Crippen LogP contribution in [-0.4, -0.2) is 36.9 Å². The number of amides is 2. The van der Waals surface area contributed by atoms with Gasteiger partial charge in [-0.3, -0.25) is 9.59 Å². The molecule has 3 rings (SSSR count). The molecule has 6 nitrogen and oxygen atoms in total. The number of anilines is 2. The maximum atomic E-state index is 13.2. The van der Waals surface area contributed by atoms with E-state index in [0.717, 1.165) is 36.2 Å². The molecule has 1 aliphatic carbocycles. The highest BCUT2D eigenvalue weighted by Gasteiger charge is 2.28. The Morgan fingerprint density at radius 2 is 1.90 bits per heavy atom. The van der Waals surface area contributed by atoms with Crippen molar-refractivity contribution in [3.05, 3.63) is 47.9 Å². The van der Waals surface area contributed by atoms with E-state index in [1.807, 2.05) is 42.1 Å². The minimum absolute atomic E-state index is 0.0193. The van der Waals surface area contributed by atoms with Crippen molar-refractivity contribution in [1.29, 1.82) is 0 Å². The van der Waals surface area contributed by atoms with E-state index < -0.39 is 0 Å². The molecule has 0 unspecified atom stereocenters. The number of furan rings is 1. The van der Waals surface area contributed by atoms with Crippen LogP contribution in [0.3, 0.4) is 0 Å². The smallest absolute Gasteiger partial charge is 0.290 e. The molecule has 162 valence electrons. The molecule has 0 radical (unpaired) electrons. The molecule has 6 heteroatoms. The minimum atomic E-state index is -0.130. The molecule has 1 fully saturated rings. The second-order valence-corrected chi connectivity index (χ2v) is 8.75. The zero-order valence-electron chi connectivity index (χ0n) is 18.6. The SMILES string of the molecule is CC(C)[C@@H](C)N(Cc1cc(NC(=O)C2CCC2)ccc1N(C)C)C(=O)c1ccco1. The Labute approximate surface area is 179 Å². The average molecular weight is 412 g/mol. The molecule has 1 aromatic carbocycles. The van der Waals surface area contributed by atoms with Gasteiger partial charge in [-0.05, 0) is 61.6 Å². The molecular weight excluding hydrogens is 378 g/mol. The Morgan fingerprint density at radius 3 is 2.43 bits per heavy atom. The first-order valence-corrected chi connectivity index (χ1v) is 10.7. The number of carbonyl (C=O) groups is 2. The fraction of sp³-hybridized carbons (Fsp3) is 0.500. The van der Waals surface area contributed by atoms with Gasteiger partial charge in [-0.15, -0.1) is 0 Å². The predicted molar refractivity (Wildman–Crippen MR) is 120 cm³/mol. The Bertz CT molecular complexity index is 870. The van der Waals surface area contributed by atoms with Gasteiger partial charge in [0.25, 0.3) is 5.91 Å². The van der Waals surface area contributed by atoms with E-state index in [9.17, 15) is 9.59 Å². The Balaban J connectivity index is 1.90. The topological polar surface area (TPSA) is 65.8 Å². The van der Waals surface area contributed by atoms with Crippen LogP contribution >= 0.6 is 0 Å². The first kappa shape index (κ1) is 21.9. The molecule has 1 N–H and O–H groups in total. The maximum absolute atomic E-state index is 13.2. The maximum Gasteiger partial charge on any atom is 0.290 e. The largest absolute Gasteiger partial charge is 0.459 e. The Hall–Kier alpha value is -2.76. The van der Waals surface area contributed by atoms with Crippen molar-refractivity contribution in [1.82, 2.24) is 4.90 Å². The summed E-state index contributed by atoms with van der Waals surface area (Å²) < 4.78 is 5.38. The minimum Gasteiger partial charge on any atom is -0.459 e. The third-order valence-electron chi connectivity index (χ3n) is 6.09. The molecular formula is C24H33N3O3. The lowest BCUT2D eigenvalue weighted by Crippen LogP contribution is -2.41. The van der Waals surface area contributed by atoms with Crippen molar-refractivity contribution in [2.45, 2.75) is 52.6 Å². The highest BCUT2D eigenvalue weighted by atomic mass is 16.3. The van der Waals surface area contributed by atoms with Crippen molar-refractivity contribution in [3.8, 4) is 0 Å². The van der Waals surface area contributed by atoms with E-state index >= 15 is 0 Å². The molecule has 0 saturated heterocycles. The highest BCUT2D eigenvalue weighted by Crippen LogP contribution is 2.30. The van der Waals surface area contributed by atoms with E-state index in [0.29, 0.717) is 12.3 Å². The average Bonchev–Trinajstić information content (AvgIpc) is 3.18. The van der Waals surface area contributed by atoms with Crippen LogP contribution in [0.2, 0.25) is 0 Å². The molecule has 30 heavy (non-hydrogen) atoms. The molecule has 0 spiro atoms. The van der Waals surface area contributed by atoms with Crippen LogP contribution in [0.1, 0.15) is 56.2 Å². The van der Waals surface area contributed by atoms with Crippen LogP contribution in [0.25, 0.3) is 0 Å². The lowest BCUT2D eigenvalue weighted by molar-refractivity contribution is -0.122. The lowest BCUT2D eigenvalue weighted by atomic mass is 9.85. The molecule has 1 atom stereocenters. The summed E-state index contributed by atoms with van der Waals surface area (Å²) >= 11 is 0. The van der Waals surface area contributed by atoms with Gasteiger partial charge in [-0.25, -0.2) is 0 Å².